The maximum atomic E-state index is 8.42. The highest BCUT2D eigenvalue weighted by Gasteiger charge is 2.13. The summed E-state index contributed by atoms with van der Waals surface area (Å²) in [6.45, 7) is 2.17. The summed E-state index contributed by atoms with van der Waals surface area (Å²) >= 11 is 0. The molecular weight excluding hydrogens is 146 g/mol. The molecule has 1 nitrogen and oxygen atoms in total. The average molecular weight is 163 g/mol. The molecule has 1 heteroatoms. The average Bonchev–Trinajstić information content (AvgIpc) is 2.15. The van der Waals surface area contributed by atoms with E-state index in [1.165, 1.54) is 37.7 Å². The summed E-state index contributed by atoms with van der Waals surface area (Å²) in [6.07, 6.45) is 9.52. The van der Waals surface area contributed by atoms with Crippen molar-refractivity contribution in [2.45, 2.75) is 45.4 Å². The highest BCUT2D eigenvalue weighted by Crippen LogP contribution is 2.29. The summed E-state index contributed by atoms with van der Waals surface area (Å²) in [4.78, 5) is 0. The summed E-state index contributed by atoms with van der Waals surface area (Å²) in [5, 5.41) is 8.42. The number of rotatable bonds is 2. The fourth-order valence-electron chi connectivity index (χ4n) is 1.93. The number of nitriles is 1. The Kier molecular flexibility index (Phi) is 3.87. The van der Waals surface area contributed by atoms with E-state index >= 15 is 0 Å². The molecule has 0 aromatic carbocycles. The van der Waals surface area contributed by atoms with Crippen LogP contribution in [0.3, 0.4) is 0 Å². The van der Waals surface area contributed by atoms with Crippen LogP contribution in [0.25, 0.3) is 0 Å². The van der Waals surface area contributed by atoms with Crippen molar-refractivity contribution in [3.05, 3.63) is 11.6 Å². The zero-order valence-electron chi connectivity index (χ0n) is 7.84. The third kappa shape index (κ3) is 2.70. The first-order chi connectivity index (χ1) is 5.84. The molecule has 0 unspecified atom stereocenters. The topological polar surface area (TPSA) is 23.8 Å². The Labute approximate surface area is 75.1 Å². The van der Waals surface area contributed by atoms with Crippen LogP contribution in [0.5, 0.6) is 0 Å². The van der Waals surface area contributed by atoms with Gasteiger partial charge in [0.2, 0.25) is 0 Å². The molecule has 1 aliphatic carbocycles. The van der Waals surface area contributed by atoms with Crippen LogP contribution in [0.2, 0.25) is 0 Å². The Morgan fingerprint density at radius 2 is 2.08 bits per heavy atom. The molecule has 0 spiro atoms. The van der Waals surface area contributed by atoms with Crippen LogP contribution in [0, 0.1) is 17.2 Å². The fourth-order valence-corrected chi connectivity index (χ4v) is 1.93. The second-order valence-electron chi connectivity index (χ2n) is 3.65. The van der Waals surface area contributed by atoms with Gasteiger partial charge in [-0.3, -0.25) is 0 Å². The molecule has 0 aromatic rings. The van der Waals surface area contributed by atoms with Crippen molar-refractivity contribution in [1.82, 2.24) is 0 Å². The van der Waals surface area contributed by atoms with Gasteiger partial charge in [-0.2, -0.15) is 5.26 Å². The molecule has 1 rings (SSSR count). The quantitative estimate of drug-likeness (QED) is 0.572. The molecule has 0 bridgehead atoms. The first-order valence-corrected chi connectivity index (χ1v) is 4.88. The zero-order valence-corrected chi connectivity index (χ0v) is 7.84. The van der Waals surface area contributed by atoms with Crippen molar-refractivity contribution >= 4 is 0 Å². The molecule has 1 saturated carbocycles. The molecule has 12 heavy (non-hydrogen) atoms. The van der Waals surface area contributed by atoms with E-state index in [4.69, 9.17) is 5.26 Å². The second kappa shape index (κ2) is 4.98. The van der Waals surface area contributed by atoms with Gasteiger partial charge in [0, 0.05) is 0 Å². The predicted molar refractivity (Wildman–Crippen MR) is 50.6 cm³/mol. The van der Waals surface area contributed by atoms with Gasteiger partial charge in [0.05, 0.1) is 12.5 Å². The Balaban J connectivity index is 2.39. The molecule has 0 amide bonds. The lowest BCUT2D eigenvalue weighted by Gasteiger charge is -2.22. The zero-order chi connectivity index (χ0) is 8.81. The highest BCUT2D eigenvalue weighted by molar-refractivity contribution is 5.06. The molecule has 0 aromatic heterocycles. The van der Waals surface area contributed by atoms with Crippen molar-refractivity contribution < 1.29 is 0 Å². The van der Waals surface area contributed by atoms with Crippen molar-refractivity contribution in [1.29, 1.82) is 5.26 Å². The van der Waals surface area contributed by atoms with Crippen molar-refractivity contribution in [2.24, 2.45) is 5.92 Å². The van der Waals surface area contributed by atoms with E-state index in [0.717, 1.165) is 5.92 Å². The maximum absolute atomic E-state index is 8.42. The van der Waals surface area contributed by atoms with Crippen LogP contribution in [0.1, 0.15) is 45.4 Å². The molecular formula is C11H17N. The minimum atomic E-state index is 0.586. The van der Waals surface area contributed by atoms with E-state index in [2.05, 4.69) is 19.1 Å². The smallest absolute Gasteiger partial charge is 0.0663 e. The second-order valence-corrected chi connectivity index (χ2v) is 3.65. The predicted octanol–water partition coefficient (Wildman–Crippen LogP) is 3.43. The Hall–Kier alpha value is -0.770. The first-order valence-electron chi connectivity index (χ1n) is 4.88. The van der Waals surface area contributed by atoms with Crippen LogP contribution in [0.15, 0.2) is 11.6 Å². The minimum Gasteiger partial charge on any atom is -0.198 e. The summed E-state index contributed by atoms with van der Waals surface area (Å²) in [5.74, 6) is 0.784. The van der Waals surface area contributed by atoms with Crippen molar-refractivity contribution in [3.63, 3.8) is 0 Å². The van der Waals surface area contributed by atoms with Crippen LogP contribution >= 0.6 is 0 Å². The lowest BCUT2D eigenvalue weighted by molar-refractivity contribution is 0.402. The lowest BCUT2D eigenvalue weighted by Crippen LogP contribution is -2.07. The Bertz CT molecular complexity index is 192. The molecule has 0 saturated heterocycles. The van der Waals surface area contributed by atoms with E-state index in [1.54, 1.807) is 0 Å². The molecule has 1 fully saturated rings. The Morgan fingerprint density at radius 3 is 2.67 bits per heavy atom. The third-order valence-corrected chi connectivity index (χ3v) is 2.76. The molecule has 1 aliphatic rings. The van der Waals surface area contributed by atoms with E-state index < -0.39 is 0 Å². The molecule has 0 N–H and O–H groups in total. The number of hydrogen-bond donors (Lipinski definition) is 0. The SMILES string of the molecule is CC(=CCC#N)C1CCCCC1. The number of nitrogens with zero attached hydrogens (tertiary/aromatic N) is 1. The summed E-state index contributed by atoms with van der Waals surface area (Å²) in [5.41, 5.74) is 1.44. The van der Waals surface area contributed by atoms with E-state index in [-0.39, 0.29) is 0 Å². The van der Waals surface area contributed by atoms with Crippen molar-refractivity contribution in [3.8, 4) is 6.07 Å². The third-order valence-electron chi connectivity index (χ3n) is 2.76. The fraction of sp³-hybridized carbons (Fsp3) is 0.727. The van der Waals surface area contributed by atoms with Gasteiger partial charge in [-0.15, -0.1) is 0 Å². The summed E-state index contributed by atoms with van der Waals surface area (Å²) in [6, 6.07) is 2.16. The van der Waals surface area contributed by atoms with E-state index in [9.17, 15) is 0 Å². The van der Waals surface area contributed by atoms with Crippen LogP contribution < -0.4 is 0 Å². The molecule has 0 atom stereocenters. The van der Waals surface area contributed by atoms with Crippen LogP contribution in [-0.2, 0) is 0 Å². The minimum absolute atomic E-state index is 0.586. The normalized spacial score (nSPS) is 20.5. The molecule has 0 radical (unpaired) electrons. The highest BCUT2D eigenvalue weighted by atomic mass is 14.2. The lowest BCUT2D eigenvalue weighted by atomic mass is 9.84. The Morgan fingerprint density at radius 1 is 1.42 bits per heavy atom. The summed E-state index contributed by atoms with van der Waals surface area (Å²) < 4.78 is 0. The van der Waals surface area contributed by atoms with Gasteiger partial charge in [0.1, 0.15) is 0 Å². The van der Waals surface area contributed by atoms with Gasteiger partial charge < -0.3 is 0 Å². The largest absolute Gasteiger partial charge is 0.198 e. The molecule has 0 heterocycles. The summed E-state index contributed by atoms with van der Waals surface area (Å²) in [7, 11) is 0. The standard InChI is InChI=1S/C11H17N/c1-10(6-5-9-12)11-7-3-2-4-8-11/h6,11H,2-5,7-8H2,1H3. The van der Waals surface area contributed by atoms with Gasteiger partial charge in [-0.1, -0.05) is 30.9 Å². The molecule has 66 valence electrons. The van der Waals surface area contributed by atoms with Gasteiger partial charge in [0.15, 0.2) is 0 Å². The molecule has 0 aliphatic heterocycles. The number of allylic oxidation sites excluding steroid dienone is 2. The van der Waals surface area contributed by atoms with Crippen molar-refractivity contribution in [2.75, 3.05) is 0 Å². The maximum Gasteiger partial charge on any atom is 0.0663 e. The van der Waals surface area contributed by atoms with Gasteiger partial charge in [-0.25, -0.2) is 0 Å². The first kappa shape index (κ1) is 9.32. The van der Waals surface area contributed by atoms with Gasteiger partial charge >= 0.3 is 0 Å². The number of hydrogen-bond acceptors (Lipinski definition) is 1. The van der Waals surface area contributed by atoms with E-state index in [0.29, 0.717) is 6.42 Å². The van der Waals surface area contributed by atoms with Gasteiger partial charge in [0.25, 0.3) is 0 Å². The van der Waals surface area contributed by atoms with Crippen LogP contribution in [0.4, 0.5) is 0 Å². The van der Waals surface area contributed by atoms with Crippen LogP contribution in [-0.4, -0.2) is 0 Å². The monoisotopic (exact) mass is 163 g/mol. The van der Waals surface area contributed by atoms with Gasteiger partial charge in [-0.05, 0) is 25.7 Å². The van der Waals surface area contributed by atoms with E-state index in [1.807, 2.05) is 0 Å².